The SMILES string of the molecule is COc1ccccc1C1CC1C(=O)NCc1ccc(-c2ccn[nH]2)cc1. The van der Waals surface area contributed by atoms with Crippen LogP contribution in [-0.4, -0.2) is 23.2 Å². The van der Waals surface area contributed by atoms with Crippen LogP contribution in [0.5, 0.6) is 5.75 Å². The van der Waals surface area contributed by atoms with Gasteiger partial charge in [0.05, 0.1) is 12.8 Å². The first-order valence-corrected chi connectivity index (χ1v) is 8.75. The molecule has 0 spiro atoms. The molecule has 5 heteroatoms. The Morgan fingerprint density at radius 3 is 2.73 bits per heavy atom. The molecule has 0 saturated heterocycles. The fourth-order valence-corrected chi connectivity index (χ4v) is 3.34. The van der Waals surface area contributed by atoms with Crippen molar-refractivity contribution in [2.24, 2.45) is 5.92 Å². The second-order valence-electron chi connectivity index (χ2n) is 6.58. The summed E-state index contributed by atoms with van der Waals surface area (Å²) < 4.78 is 5.41. The normalized spacial score (nSPS) is 18.3. The molecule has 26 heavy (non-hydrogen) atoms. The summed E-state index contributed by atoms with van der Waals surface area (Å²) in [4.78, 5) is 12.5. The van der Waals surface area contributed by atoms with E-state index >= 15 is 0 Å². The lowest BCUT2D eigenvalue weighted by Crippen LogP contribution is -2.24. The van der Waals surface area contributed by atoms with Crippen molar-refractivity contribution in [2.75, 3.05) is 7.11 Å². The van der Waals surface area contributed by atoms with Crippen molar-refractivity contribution in [1.29, 1.82) is 0 Å². The second-order valence-corrected chi connectivity index (χ2v) is 6.58. The molecule has 5 nitrogen and oxygen atoms in total. The van der Waals surface area contributed by atoms with E-state index in [-0.39, 0.29) is 17.7 Å². The number of methoxy groups -OCH3 is 1. The number of hydrogen-bond acceptors (Lipinski definition) is 3. The van der Waals surface area contributed by atoms with Gasteiger partial charge in [0.15, 0.2) is 0 Å². The highest BCUT2D eigenvalue weighted by molar-refractivity contribution is 5.83. The number of carbonyl (C=O) groups is 1. The van der Waals surface area contributed by atoms with Crippen molar-refractivity contribution >= 4 is 5.91 Å². The van der Waals surface area contributed by atoms with Crippen molar-refractivity contribution in [1.82, 2.24) is 15.5 Å². The van der Waals surface area contributed by atoms with E-state index in [9.17, 15) is 4.79 Å². The van der Waals surface area contributed by atoms with Gasteiger partial charge in [0.2, 0.25) is 5.91 Å². The monoisotopic (exact) mass is 347 g/mol. The van der Waals surface area contributed by atoms with Gasteiger partial charge in [-0.05, 0) is 41.2 Å². The van der Waals surface area contributed by atoms with Crippen molar-refractivity contribution in [2.45, 2.75) is 18.9 Å². The van der Waals surface area contributed by atoms with Crippen LogP contribution >= 0.6 is 0 Å². The minimum absolute atomic E-state index is 0.0376. The van der Waals surface area contributed by atoms with Gasteiger partial charge >= 0.3 is 0 Å². The van der Waals surface area contributed by atoms with Crippen LogP contribution in [0.15, 0.2) is 60.8 Å². The molecule has 2 N–H and O–H groups in total. The summed E-state index contributed by atoms with van der Waals surface area (Å²) in [6, 6.07) is 18.0. The molecule has 1 aliphatic carbocycles. The molecule has 1 aromatic heterocycles. The zero-order chi connectivity index (χ0) is 17.9. The summed E-state index contributed by atoms with van der Waals surface area (Å²) in [7, 11) is 1.67. The highest BCUT2D eigenvalue weighted by Gasteiger charge is 2.45. The molecule has 1 saturated carbocycles. The summed E-state index contributed by atoms with van der Waals surface area (Å²) in [6.45, 7) is 0.539. The van der Waals surface area contributed by atoms with Crippen molar-refractivity contribution in [3.05, 3.63) is 71.9 Å². The van der Waals surface area contributed by atoms with Crippen LogP contribution in [0.4, 0.5) is 0 Å². The number of aromatic amines is 1. The molecule has 2 unspecified atom stereocenters. The molecule has 1 amide bonds. The zero-order valence-electron chi connectivity index (χ0n) is 14.6. The van der Waals surface area contributed by atoms with E-state index in [4.69, 9.17) is 4.74 Å². The standard InChI is InChI=1S/C21H21N3O2/c1-26-20-5-3-2-4-16(20)17-12-18(17)21(25)22-13-14-6-8-15(9-7-14)19-10-11-23-24-19/h2-11,17-18H,12-13H2,1H3,(H,22,25)(H,23,24). The minimum atomic E-state index is 0.0376. The first-order chi connectivity index (χ1) is 12.8. The number of hydrogen-bond donors (Lipinski definition) is 2. The molecule has 0 aliphatic heterocycles. The van der Waals surface area contributed by atoms with Gasteiger partial charge in [-0.2, -0.15) is 5.10 Å². The minimum Gasteiger partial charge on any atom is -0.496 e. The van der Waals surface area contributed by atoms with E-state index in [0.29, 0.717) is 6.54 Å². The number of para-hydroxylation sites is 1. The summed E-state index contributed by atoms with van der Waals surface area (Å²) in [5, 5.41) is 9.96. The van der Waals surface area contributed by atoms with Gasteiger partial charge in [0.1, 0.15) is 5.75 Å². The lowest BCUT2D eigenvalue weighted by molar-refractivity contribution is -0.122. The molecule has 0 bridgehead atoms. The average Bonchev–Trinajstić information content (AvgIpc) is 3.30. The van der Waals surface area contributed by atoms with E-state index in [0.717, 1.165) is 34.6 Å². The van der Waals surface area contributed by atoms with E-state index in [1.165, 1.54) is 0 Å². The summed E-state index contributed by atoms with van der Waals surface area (Å²) >= 11 is 0. The maximum atomic E-state index is 12.5. The number of rotatable bonds is 6. The number of nitrogens with one attached hydrogen (secondary N) is 2. The molecule has 1 fully saturated rings. The Hall–Kier alpha value is -3.08. The number of benzene rings is 2. The van der Waals surface area contributed by atoms with Gasteiger partial charge in [-0.25, -0.2) is 0 Å². The highest BCUT2D eigenvalue weighted by Crippen LogP contribution is 2.50. The van der Waals surface area contributed by atoms with Crippen LogP contribution in [0.3, 0.4) is 0 Å². The Morgan fingerprint density at radius 1 is 1.19 bits per heavy atom. The van der Waals surface area contributed by atoms with Gasteiger partial charge in [0, 0.05) is 18.7 Å². The largest absolute Gasteiger partial charge is 0.496 e. The molecule has 1 heterocycles. The molecule has 132 valence electrons. The number of ether oxygens (including phenoxy) is 1. The Bertz CT molecular complexity index is 888. The molecule has 2 atom stereocenters. The van der Waals surface area contributed by atoms with Crippen LogP contribution in [0.1, 0.15) is 23.5 Å². The Morgan fingerprint density at radius 2 is 2.00 bits per heavy atom. The maximum Gasteiger partial charge on any atom is 0.224 e. The smallest absolute Gasteiger partial charge is 0.224 e. The van der Waals surface area contributed by atoms with E-state index < -0.39 is 0 Å². The Balaban J connectivity index is 1.33. The lowest BCUT2D eigenvalue weighted by Gasteiger charge is -2.08. The van der Waals surface area contributed by atoms with Crippen molar-refractivity contribution < 1.29 is 9.53 Å². The van der Waals surface area contributed by atoms with Crippen LogP contribution in [0.2, 0.25) is 0 Å². The van der Waals surface area contributed by atoms with Crippen LogP contribution < -0.4 is 10.1 Å². The Labute approximate surface area is 152 Å². The highest BCUT2D eigenvalue weighted by atomic mass is 16.5. The number of nitrogens with zero attached hydrogens (tertiary/aromatic N) is 1. The van der Waals surface area contributed by atoms with E-state index in [1.54, 1.807) is 13.3 Å². The Kier molecular flexibility index (Phi) is 4.44. The fraction of sp³-hybridized carbons (Fsp3) is 0.238. The van der Waals surface area contributed by atoms with Crippen LogP contribution in [0.25, 0.3) is 11.3 Å². The molecule has 1 aliphatic rings. The first kappa shape index (κ1) is 16.4. The number of aromatic nitrogens is 2. The van der Waals surface area contributed by atoms with E-state index in [2.05, 4.69) is 15.5 Å². The third-order valence-electron chi connectivity index (χ3n) is 4.90. The first-order valence-electron chi connectivity index (χ1n) is 8.75. The molecule has 2 aromatic carbocycles. The molecular weight excluding hydrogens is 326 g/mol. The molecule has 4 rings (SSSR count). The van der Waals surface area contributed by atoms with Crippen LogP contribution in [0, 0.1) is 5.92 Å². The van der Waals surface area contributed by atoms with Gasteiger partial charge in [-0.3, -0.25) is 9.89 Å². The maximum absolute atomic E-state index is 12.5. The molecule has 3 aromatic rings. The van der Waals surface area contributed by atoms with Gasteiger partial charge in [-0.1, -0.05) is 42.5 Å². The number of carbonyl (C=O) groups excluding carboxylic acids is 1. The molecular formula is C21H21N3O2. The molecule has 0 radical (unpaired) electrons. The van der Waals surface area contributed by atoms with Gasteiger partial charge < -0.3 is 10.1 Å². The number of H-pyrrole nitrogens is 1. The van der Waals surface area contributed by atoms with Crippen molar-refractivity contribution in [3.63, 3.8) is 0 Å². The zero-order valence-corrected chi connectivity index (χ0v) is 14.6. The average molecular weight is 347 g/mol. The third kappa shape index (κ3) is 3.33. The second kappa shape index (κ2) is 7.04. The predicted octanol–water partition coefficient (Wildman–Crippen LogP) is 3.51. The predicted molar refractivity (Wildman–Crippen MR) is 99.7 cm³/mol. The van der Waals surface area contributed by atoms with Crippen molar-refractivity contribution in [3.8, 4) is 17.0 Å². The summed E-state index contributed by atoms with van der Waals surface area (Å²) in [5.74, 6) is 1.27. The van der Waals surface area contributed by atoms with Crippen LogP contribution in [-0.2, 0) is 11.3 Å². The van der Waals surface area contributed by atoms with Gasteiger partial charge in [0.25, 0.3) is 0 Å². The van der Waals surface area contributed by atoms with Gasteiger partial charge in [-0.15, -0.1) is 0 Å². The summed E-state index contributed by atoms with van der Waals surface area (Å²) in [5.41, 5.74) is 4.27. The summed E-state index contributed by atoms with van der Waals surface area (Å²) in [6.07, 6.45) is 2.61. The third-order valence-corrected chi connectivity index (χ3v) is 4.90. The lowest BCUT2D eigenvalue weighted by atomic mass is 10.1. The fourth-order valence-electron chi connectivity index (χ4n) is 3.34. The topological polar surface area (TPSA) is 67.0 Å². The quantitative estimate of drug-likeness (QED) is 0.717. The van der Waals surface area contributed by atoms with E-state index in [1.807, 2.05) is 54.6 Å². The number of amides is 1.